The van der Waals surface area contributed by atoms with E-state index >= 15 is 35.1 Å². The summed E-state index contributed by atoms with van der Waals surface area (Å²) in [5, 5.41) is 0. The molecule has 0 saturated carbocycles. The van der Waals surface area contributed by atoms with Crippen molar-refractivity contribution in [3.8, 4) is 0 Å². The molecule has 0 aliphatic heterocycles. The van der Waals surface area contributed by atoms with Gasteiger partial charge in [-0.25, -0.2) is 87.8 Å². The normalized spacial score (nSPS) is 11.5. The van der Waals surface area contributed by atoms with Crippen LogP contribution in [0.1, 0.15) is 16.1 Å². The average molecular weight is 878 g/mol. The zero-order valence-electron chi connectivity index (χ0n) is 28.3. The number of carbonyl (C=O) groups excluding carboxylic acids is 1. The van der Waals surface area contributed by atoms with E-state index in [1.165, 1.54) is 0 Å². The Hall–Kier alpha value is -6.49. The number of aldehydes is 1. The highest BCUT2D eigenvalue weighted by Crippen LogP contribution is 2.30. The predicted octanol–water partition coefficient (Wildman–Crippen LogP) is 7.08. The fraction of sp³-hybridized carbons (Fsp3) is 0.0278. The van der Waals surface area contributed by atoms with Crippen LogP contribution in [-0.2, 0) is 6.54 Å². The maximum atomic E-state index is 15.4. The van der Waals surface area contributed by atoms with E-state index in [0.29, 0.717) is 12.2 Å². The van der Waals surface area contributed by atoms with E-state index in [1.807, 2.05) is 34.9 Å². The quantitative estimate of drug-likeness (QED) is 0.0430. The van der Waals surface area contributed by atoms with Gasteiger partial charge in [0.2, 0.25) is 6.29 Å². The lowest BCUT2D eigenvalue weighted by Crippen LogP contribution is -2.81. The van der Waals surface area contributed by atoms with Gasteiger partial charge in [-0.2, -0.15) is 4.57 Å². The van der Waals surface area contributed by atoms with Crippen molar-refractivity contribution in [2.24, 2.45) is 0 Å². The maximum Gasteiger partial charge on any atom is 0.264 e. The molecule has 0 spiro atoms. The first-order valence-corrected chi connectivity index (χ1v) is 15.7. The highest BCUT2D eigenvalue weighted by Gasteiger charge is 2.52. The Kier molecular flexibility index (Phi) is 12.4. The van der Waals surface area contributed by atoms with Crippen LogP contribution in [-0.4, -0.2) is 17.4 Å². The van der Waals surface area contributed by atoms with Crippen molar-refractivity contribution in [1.82, 2.24) is 4.98 Å². The fourth-order valence-corrected chi connectivity index (χ4v) is 6.30. The van der Waals surface area contributed by atoms with Crippen molar-refractivity contribution in [3.63, 3.8) is 0 Å². The highest BCUT2D eigenvalue weighted by atomic mass is 19.2. The van der Waals surface area contributed by atoms with Crippen molar-refractivity contribution in [1.29, 1.82) is 0 Å². The first-order valence-electron chi connectivity index (χ1n) is 15.7. The zero-order valence-corrected chi connectivity index (χ0v) is 28.3. The first kappa shape index (κ1) is 44.6. The molecule has 0 amide bonds. The van der Waals surface area contributed by atoms with Crippen LogP contribution in [0.25, 0.3) is 0 Å². The number of rotatable bonds is 7. The van der Waals surface area contributed by atoms with E-state index in [2.05, 4.69) is 4.98 Å². The van der Waals surface area contributed by atoms with Crippen molar-refractivity contribution < 1.29 is 97.2 Å². The minimum absolute atomic E-state index is 0.585. The van der Waals surface area contributed by atoms with Crippen LogP contribution in [0.5, 0.6) is 0 Å². The molecule has 0 aliphatic carbocycles. The summed E-state index contributed by atoms with van der Waals surface area (Å²) in [6.45, 7) is 0.692. The van der Waals surface area contributed by atoms with E-state index < -0.39 is 144 Å². The lowest BCUT2D eigenvalue weighted by atomic mass is 9.12. The molecule has 0 aliphatic rings. The Morgan fingerprint density at radius 1 is 0.417 bits per heavy atom. The summed E-state index contributed by atoms with van der Waals surface area (Å²) in [6.07, 6.45) is -1.36. The molecular weight excluding hydrogens is 867 g/mol. The summed E-state index contributed by atoms with van der Waals surface area (Å²) in [6, 6.07) is 10.0. The Balaban J connectivity index is 0.000000379. The average Bonchev–Trinajstić information content (AvgIpc) is 3.24. The highest BCUT2D eigenvalue weighted by molar-refractivity contribution is 7.20. The number of halogens is 20. The molecule has 5 aromatic carbocycles. The van der Waals surface area contributed by atoms with Gasteiger partial charge in [0.1, 0.15) is 58.9 Å². The fourth-order valence-electron chi connectivity index (χ4n) is 6.30. The molecule has 1 aromatic heterocycles. The summed E-state index contributed by atoms with van der Waals surface area (Å²) in [4.78, 5) is 14.7. The smallest absolute Gasteiger partial charge is 0.264 e. The SMILES string of the molecule is Fc1c(F)c(F)c([B-](c2c(F)c(F)c(F)c(F)c2F)(c2c(F)c(F)c(F)c(F)c2F)c2c(F)c(F)c(F)c(F)c2F)c(F)c1F.O=Cc1cncc[n+]1Cc1ccccc1. The molecule has 0 atom stereocenters. The molecule has 3 nitrogen and oxygen atoms in total. The van der Waals surface area contributed by atoms with Gasteiger partial charge in [0.05, 0.1) is 6.20 Å². The number of benzene rings is 5. The Morgan fingerprint density at radius 2 is 0.683 bits per heavy atom. The monoisotopic (exact) mass is 878 g/mol. The minimum Gasteiger partial charge on any atom is -0.291 e. The van der Waals surface area contributed by atoms with E-state index in [9.17, 15) is 57.5 Å². The van der Waals surface area contributed by atoms with Gasteiger partial charge in [0.15, 0.2) is 82.5 Å². The van der Waals surface area contributed by atoms with Crippen molar-refractivity contribution in [3.05, 3.63) is 177 Å². The van der Waals surface area contributed by atoms with Crippen LogP contribution < -0.4 is 26.4 Å². The van der Waals surface area contributed by atoms with Crippen molar-refractivity contribution in [2.45, 2.75) is 6.54 Å². The van der Waals surface area contributed by atoms with Gasteiger partial charge in [-0.05, 0) is 0 Å². The second-order valence-electron chi connectivity index (χ2n) is 12.0. The second kappa shape index (κ2) is 16.6. The first-order chi connectivity index (χ1) is 28.1. The molecule has 6 rings (SSSR count). The van der Waals surface area contributed by atoms with Crippen LogP contribution in [0.3, 0.4) is 0 Å². The molecule has 1 heterocycles. The van der Waals surface area contributed by atoms with Gasteiger partial charge in [-0.15, -0.1) is 21.9 Å². The molecule has 6 aromatic rings. The summed E-state index contributed by atoms with van der Waals surface area (Å²) in [5.41, 5.74) is -12.6. The van der Waals surface area contributed by atoms with Crippen LogP contribution >= 0.6 is 0 Å². The Morgan fingerprint density at radius 3 is 0.950 bits per heavy atom. The van der Waals surface area contributed by atoms with Crippen LogP contribution in [0.15, 0.2) is 48.9 Å². The lowest BCUT2D eigenvalue weighted by Gasteiger charge is -2.44. The molecule has 0 saturated heterocycles. The lowest BCUT2D eigenvalue weighted by molar-refractivity contribution is -0.690. The van der Waals surface area contributed by atoms with Gasteiger partial charge in [-0.3, -0.25) is 9.78 Å². The third kappa shape index (κ3) is 6.85. The predicted molar refractivity (Wildman–Crippen MR) is 165 cm³/mol. The zero-order chi connectivity index (χ0) is 44.9. The third-order valence-corrected chi connectivity index (χ3v) is 8.89. The summed E-state index contributed by atoms with van der Waals surface area (Å²) in [7, 11) is 0. The molecule has 0 unspecified atom stereocenters. The molecule has 0 bridgehead atoms. The second-order valence-corrected chi connectivity index (χ2v) is 12.0. The molecule has 24 heteroatoms. The van der Waals surface area contributed by atoms with Crippen molar-refractivity contribution in [2.75, 3.05) is 0 Å². The van der Waals surface area contributed by atoms with Gasteiger partial charge < -0.3 is 0 Å². The van der Waals surface area contributed by atoms with E-state index in [0.717, 1.165) is 11.8 Å². The number of hydrogen-bond acceptors (Lipinski definition) is 2. The largest absolute Gasteiger partial charge is 0.291 e. The Bertz CT molecular complexity index is 2330. The van der Waals surface area contributed by atoms with Crippen molar-refractivity contribution >= 4 is 34.3 Å². The van der Waals surface area contributed by atoms with Gasteiger partial charge in [0, 0.05) is 5.56 Å². The molecule has 0 radical (unpaired) electrons. The number of aromatic nitrogens is 2. The summed E-state index contributed by atoms with van der Waals surface area (Å²) in [5.74, 6) is -71.4. The minimum atomic E-state index is -7.22. The van der Waals surface area contributed by atoms with Crippen LogP contribution in [0, 0.1) is 116 Å². The number of nitrogens with zero attached hydrogens (tertiary/aromatic N) is 2. The molecular formula is C36H11BF20N2O. The molecule has 314 valence electrons. The summed E-state index contributed by atoms with van der Waals surface area (Å²) >= 11 is 0. The standard InChI is InChI=1S/C24BF20.C12H11N2O/c26-5-1(6(27)14(35)21(42)13(5)34)25(2-7(28)15(36)22(43)16(37)8(2)29,3-9(30)17(38)23(44)18(39)10(3)31)4-11(32)19(40)24(45)20(41)12(4)33;15-10-12-8-13-6-7-14(12)9-11-4-2-1-3-5-11/h;1-8,10H,9H2/q-1;+1. The van der Waals surface area contributed by atoms with E-state index in [4.69, 9.17) is 0 Å². The Labute approximate surface area is 319 Å². The topological polar surface area (TPSA) is 33.8 Å². The molecule has 60 heavy (non-hydrogen) atoms. The molecule has 0 fully saturated rings. The number of carbonyl (C=O) groups is 1. The van der Waals surface area contributed by atoms with Gasteiger partial charge >= 0.3 is 0 Å². The van der Waals surface area contributed by atoms with Gasteiger partial charge in [-0.1, -0.05) is 30.3 Å². The van der Waals surface area contributed by atoms with Gasteiger partial charge in [0.25, 0.3) is 5.69 Å². The number of hydrogen-bond donors (Lipinski definition) is 0. The van der Waals surface area contributed by atoms with Crippen LogP contribution in [0.2, 0.25) is 0 Å². The van der Waals surface area contributed by atoms with E-state index in [1.54, 1.807) is 18.6 Å². The third-order valence-electron chi connectivity index (χ3n) is 8.89. The molecule has 0 N–H and O–H groups in total. The van der Waals surface area contributed by atoms with Crippen LogP contribution in [0.4, 0.5) is 87.8 Å². The summed E-state index contributed by atoms with van der Waals surface area (Å²) < 4.78 is 296. The van der Waals surface area contributed by atoms with E-state index in [-0.39, 0.29) is 0 Å². The maximum absolute atomic E-state index is 15.4.